The van der Waals surface area contributed by atoms with Crippen molar-refractivity contribution in [2.75, 3.05) is 13.1 Å². The van der Waals surface area contributed by atoms with Crippen LogP contribution in [-0.2, 0) is 9.59 Å². The number of amides is 4. The number of hydrogen-bond acceptors (Lipinski definition) is 6. The Hall–Kier alpha value is -3.82. The van der Waals surface area contributed by atoms with Crippen molar-refractivity contribution in [3.8, 4) is 0 Å². The molecule has 0 aliphatic heterocycles. The third-order valence-corrected chi connectivity index (χ3v) is 6.57. The number of nitrogens with zero attached hydrogens (tertiary/aromatic N) is 2. The first-order chi connectivity index (χ1) is 19.4. The molecule has 0 unspecified atom stereocenters. The van der Waals surface area contributed by atoms with Crippen LogP contribution < -0.4 is 21.3 Å². The third kappa shape index (κ3) is 13.3. The van der Waals surface area contributed by atoms with Crippen LogP contribution >= 0.6 is 0 Å². The predicted octanol–water partition coefficient (Wildman–Crippen LogP) is 3.55. The van der Waals surface area contributed by atoms with E-state index < -0.39 is 12.1 Å². The topological polar surface area (TPSA) is 142 Å². The summed E-state index contributed by atoms with van der Waals surface area (Å²) in [6.07, 6.45) is 17.2. The van der Waals surface area contributed by atoms with Crippen LogP contribution in [0.1, 0.15) is 98.8 Å². The van der Waals surface area contributed by atoms with Gasteiger partial charge in [0.15, 0.2) is 0 Å². The first-order valence-corrected chi connectivity index (χ1v) is 14.4. The van der Waals surface area contributed by atoms with E-state index in [0.29, 0.717) is 24.2 Å². The second-order valence-corrected chi connectivity index (χ2v) is 9.98. The van der Waals surface area contributed by atoms with E-state index in [2.05, 4.69) is 31.2 Å². The van der Waals surface area contributed by atoms with Crippen molar-refractivity contribution in [3.05, 3.63) is 60.2 Å². The predicted molar refractivity (Wildman–Crippen MR) is 155 cm³/mol. The van der Waals surface area contributed by atoms with Gasteiger partial charge in [0.05, 0.1) is 0 Å². The van der Waals surface area contributed by atoms with Crippen LogP contribution in [0.4, 0.5) is 0 Å². The number of carbonyl (C=O) groups excluding carboxylic acids is 4. The van der Waals surface area contributed by atoms with Crippen LogP contribution in [0, 0.1) is 0 Å². The molecule has 0 aromatic carbocycles. The Morgan fingerprint density at radius 3 is 1.18 bits per heavy atom. The summed E-state index contributed by atoms with van der Waals surface area (Å²) in [4.78, 5) is 56.4. The molecular weight excluding hydrogens is 508 g/mol. The minimum atomic E-state index is -0.591. The summed E-state index contributed by atoms with van der Waals surface area (Å²) in [7, 11) is 0. The summed E-state index contributed by atoms with van der Waals surface area (Å²) in [6.45, 7) is 4.58. The van der Waals surface area contributed by atoms with Gasteiger partial charge >= 0.3 is 0 Å². The molecule has 2 rings (SSSR count). The zero-order valence-corrected chi connectivity index (χ0v) is 23.8. The van der Waals surface area contributed by atoms with Crippen molar-refractivity contribution in [1.29, 1.82) is 0 Å². The molecule has 2 aromatic heterocycles. The van der Waals surface area contributed by atoms with Gasteiger partial charge in [-0.05, 0) is 51.0 Å². The van der Waals surface area contributed by atoms with Crippen molar-refractivity contribution in [2.24, 2.45) is 0 Å². The van der Waals surface area contributed by atoms with Crippen LogP contribution in [0.3, 0.4) is 0 Å². The van der Waals surface area contributed by atoms with E-state index in [1.165, 1.54) is 25.7 Å². The molecule has 0 fully saturated rings. The molecule has 0 saturated heterocycles. The molecule has 0 spiro atoms. The normalized spacial score (nSPS) is 12.2. The Morgan fingerprint density at radius 1 is 0.550 bits per heavy atom. The van der Waals surface area contributed by atoms with Crippen LogP contribution in [0.15, 0.2) is 49.1 Å². The van der Waals surface area contributed by atoms with Crippen LogP contribution in [0.5, 0.6) is 0 Å². The van der Waals surface area contributed by atoms with E-state index in [-0.39, 0.29) is 23.6 Å². The highest BCUT2D eigenvalue weighted by atomic mass is 16.2. The average Bonchev–Trinajstić information content (AvgIpc) is 2.97. The second-order valence-electron chi connectivity index (χ2n) is 9.98. The second kappa shape index (κ2) is 19.3. The molecule has 2 aromatic rings. The molecule has 10 heteroatoms. The summed E-state index contributed by atoms with van der Waals surface area (Å²) < 4.78 is 0. The molecule has 4 N–H and O–H groups in total. The van der Waals surface area contributed by atoms with Gasteiger partial charge in [-0.3, -0.25) is 29.1 Å². The maximum atomic E-state index is 12.2. The smallest absolute Gasteiger partial charge is 0.252 e. The number of nitrogens with one attached hydrogen (secondary N) is 4. The molecule has 0 radical (unpaired) electrons. The summed E-state index contributed by atoms with van der Waals surface area (Å²) >= 11 is 0. The van der Waals surface area contributed by atoms with Gasteiger partial charge in [0.25, 0.3) is 11.8 Å². The van der Waals surface area contributed by atoms with Gasteiger partial charge in [0.1, 0.15) is 12.1 Å². The fourth-order valence-electron chi connectivity index (χ4n) is 4.09. The Morgan fingerprint density at radius 2 is 0.850 bits per heavy atom. The monoisotopic (exact) mass is 552 g/mol. The molecule has 0 aliphatic rings. The van der Waals surface area contributed by atoms with Crippen molar-refractivity contribution in [3.63, 3.8) is 0 Å². The van der Waals surface area contributed by atoms with E-state index in [1.807, 2.05) is 0 Å². The first kappa shape index (κ1) is 32.4. The minimum Gasteiger partial charge on any atom is -0.354 e. The van der Waals surface area contributed by atoms with Crippen molar-refractivity contribution in [1.82, 2.24) is 31.2 Å². The Kier molecular flexibility index (Phi) is 15.6. The Labute approximate surface area is 237 Å². The van der Waals surface area contributed by atoms with Gasteiger partial charge in [-0.25, -0.2) is 0 Å². The lowest BCUT2D eigenvalue weighted by molar-refractivity contribution is -0.123. The maximum Gasteiger partial charge on any atom is 0.252 e. The number of pyridine rings is 2. The summed E-state index contributed by atoms with van der Waals surface area (Å²) in [5.41, 5.74) is 0.962. The van der Waals surface area contributed by atoms with Gasteiger partial charge < -0.3 is 21.3 Å². The van der Waals surface area contributed by atoms with Gasteiger partial charge in [-0.1, -0.05) is 51.4 Å². The zero-order valence-electron chi connectivity index (χ0n) is 23.8. The zero-order chi connectivity index (χ0) is 29.0. The molecule has 0 saturated carbocycles. The molecule has 2 atom stereocenters. The molecule has 2 heterocycles. The third-order valence-electron chi connectivity index (χ3n) is 6.57. The molecule has 40 heavy (non-hydrogen) atoms. The lowest BCUT2D eigenvalue weighted by Gasteiger charge is -2.14. The van der Waals surface area contributed by atoms with Gasteiger partial charge in [0, 0.05) is 49.0 Å². The van der Waals surface area contributed by atoms with E-state index in [4.69, 9.17) is 0 Å². The number of aromatic nitrogens is 2. The minimum absolute atomic E-state index is 0.177. The molecule has 0 aliphatic carbocycles. The van der Waals surface area contributed by atoms with E-state index in [1.54, 1.807) is 62.9 Å². The molecule has 10 nitrogen and oxygen atoms in total. The number of hydrogen-bond donors (Lipinski definition) is 4. The lowest BCUT2D eigenvalue weighted by atomic mass is 10.1. The van der Waals surface area contributed by atoms with Crippen LogP contribution in [0.2, 0.25) is 0 Å². The summed E-state index contributed by atoms with van der Waals surface area (Å²) in [5, 5.41) is 11.2. The quantitative estimate of drug-likeness (QED) is 0.196. The maximum absolute atomic E-state index is 12.2. The number of rotatable bonds is 19. The first-order valence-electron chi connectivity index (χ1n) is 14.4. The standard InChI is InChI=1S/C30H44N6O4/c1-23(35-29(39)25-13-19-31-20-14-25)27(37)33-17-11-9-7-5-3-4-6-8-10-12-18-34-28(38)24(2)36-30(40)26-15-21-32-22-16-26/h13-16,19-24H,3-12,17-18H2,1-2H3,(H,33,37)(H,34,38)(H,35,39)(H,36,40)/t23-,24-/m0/s1. The highest BCUT2D eigenvalue weighted by molar-refractivity contribution is 5.97. The molecule has 4 amide bonds. The Balaban J connectivity index is 1.37. The average molecular weight is 553 g/mol. The van der Waals surface area contributed by atoms with Crippen molar-refractivity contribution in [2.45, 2.75) is 90.1 Å². The largest absolute Gasteiger partial charge is 0.354 e. The molecular formula is C30H44N6O4. The van der Waals surface area contributed by atoms with E-state index >= 15 is 0 Å². The molecule has 218 valence electrons. The van der Waals surface area contributed by atoms with Gasteiger partial charge in [-0.2, -0.15) is 0 Å². The fraction of sp³-hybridized carbons (Fsp3) is 0.533. The van der Waals surface area contributed by atoms with E-state index in [9.17, 15) is 19.2 Å². The number of unbranched alkanes of at least 4 members (excludes halogenated alkanes) is 9. The van der Waals surface area contributed by atoms with Crippen molar-refractivity contribution >= 4 is 23.6 Å². The lowest BCUT2D eigenvalue weighted by Crippen LogP contribution is -2.45. The molecule has 0 bridgehead atoms. The Bertz CT molecular complexity index is 952. The van der Waals surface area contributed by atoms with E-state index in [0.717, 1.165) is 38.5 Å². The van der Waals surface area contributed by atoms with Crippen molar-refractivity contribution < 1.29 is 19.2 Å². The number of carbonyl (C=O) groups is 4. The van der Waals surface area contributed by atoms with Gasteiger partial charge in [-0.15, -0.1) is 0 Å². The highest BCUT2D eigenvalue weighted by Crippen LogP contribution is 2.10. The summed E-state index contributed by atoms with van der Waals surface area (Å²) in [6, 6.07) is 5.26. The fourth-order valence-corrected chi connectivity index (χ4v) is 4.09. The van der Waals surface area contributed by atoms with Crippen LogP contribution in [-0.4, -0.2) is 58.8 Å². The SMILES string of the molecule is C[C@H](NC(=O)c1ccncc1)C(=O)NCCCCCCCCCCCCNC(=O)[C@H](C)NC(=O)c1ccncc1. The summed E-state index contributed by atoms with van der Waals surface area (Å²) in [5.74, 6) is -0.925. The van der Waals surface area contributed by atoms with Crippen LogP contribution in [0.25, 0.3) is 0 Å². The highest BCUT2D eigenvalue weighted by Gasteiger charge is 2.17. The van der Waals surface area contributed by atoms with Gasteiger partial charge in [0.2, 0.25) is 11.8 Å².